The van der Waals surface area contributed by atoms with Crippen molar-refractivity contribution in [3.8, 4) is 0 Å². The van der Waals surface area contributed by atoms with Gasteiger partial charge in [0.05, 0.1) is 0 Å². The number of aryl methyl sites for hydroxylation is 3. The van der Waals surface area contributed by atoms with E-state index in [0.717, 1.165) is 17.2 Å². The van der Waals surface area contributed by atoms with Crippen LogP contribution in [-0.2, 0) is 0 Å². The minimum absolute atomic E-state index is 0.0311. The molecule has 0 unspecified atom stereocenters. The second-order valence-electron chi connectivity index (χ2n) is 6.48. The molecule has 1 aromatic heterocycles. The number of rotatable bonds is 3. The fraction of sp³-hybridized carbons (Fsp3) is 0.412. The number of benzene rings is 1. The van der Waals surface area contributed by atoms with Gasteiger partial charge >= 0.3 is 0 Å². The second-order valence-corrected chi connectivity index (χ2v) is 6.48. The molecule has 2 N–H and O–H groups in total. The molecule has 21 heavy (non-hydrogen) atoms. The molecular weight excluding hydrogens is 260 g/mol. The molecule has 4 nitrogen and oxygen atoms in total. The third kappa shape index (κ3) is 4.18. The molecule has 0 amide bonds. The summed E-state index contributed by atoms with van der Waals surface area (Å²) < 4.78 is 0. The Labute approximate surface area is 127 Å². The summed E-state index contributed by atoms with van der Waals surface area (Å²) in [7, 11) is 0. The molecule has 0 fully saturated rings. The lowest BCUT2D eigenvalue weighted by Crippen LogP contribution is -2.27. The third-order valence-electron chi connectivity index (χ3n) is 3.08. The molecule has 2 rings (SSSR count). The molecule has 0 atom stereocenters. The number of nitrogens with one attached hydrogen (secondary N) is 2. The first kappa shape index (κ1) is 15.3. The Bertz CT molecular complexity index is 621. The Balaban J connectivity index is 2.32. The normalized spacial score (nSPS) is 11.3. The predicted molar refractivity (Wildman–Crippen MR) is 89.3 cm³/mol. The molecule has 0 aliphatic heterocycles. The van der Waals surface area contributed by atoms with E-state index in [-0.39, 0.29) is 5.54 Å². The van der Waals surface area contributed by atoms with Crippen LogP contribution in [0.5, 0.6) is 0 Å². The van der Waals surface area contributed by atoms with E-state index in [9.17, 15) is 0 Å². The van der Waals surface area contributed by atoms with Crippen LogP contribution in [0.15, 0.2) is 24.3 Å². The van der Waals surface area contributed by atoms with Crippen LogP contribution in [0, 0.1) is 20.8 Å². The first-order valence-corrected chi connectivity index (χ1v) is 7.22. The van der Waals surface area contributed by atoms with Crippen molar-refractivity contribution in [3.63, 3.8) is 0 Å². The molecule has 0 aliphatic rings. The Morgan fingerprint density at radius 3 is 2.14 bits per heavy atom. The lowest BCUT2D eigenvalue weighted by Gasteiger charge is -2.22. The quantitative estimate of drug-likeness (QED) is 0.879. The zero-order valence-corrected chi connectivity index (χ0v) is 13.7. The molecule has 0 saturated carbocycles. The first-order valence-electron chi connectivity index (χ1n) is 7.22. The largest absolute Gasteiger partial charge is 0.365 e. The summed E-state index contributed by atoms with van der Waals surface area (Å²) in [6, 6.07) is 8.18. The maximum Gasteiger partial charge on any atom is 0.229 e. The van der Waals surface area contributed by atoms with E-state index in [1.54, 1.807) is 0 Å². The van der Waals surface area contributed by atoms with Crippen LogP contribution in [0.1, 0.15) is 37.6 Å². The van der Waals surface area contributed by atoms with Gasteiger partial charge in [0.1, 0.15) is 5.82 Å². The summed E-state index contributed by atoms with van der Waals surface area (Å²) >= 11 is 0. The van der Waals surface area contributed by atoms with E-state index >= 15 is 0 Å². The van der Waals surface area contributed by atoms with E-state index in [1.807, 2.05) is 13.0 Å². The average Bonchev–Trinajstić information content (AvgIpc) is 2.31. The minimum Gasteiger partial charge on any atom is -0.365 e. The summed E-state index contributed by atoms with van der Waals surface area (Å²) in [6.45, 7) is 12.5. The maximum atomic E-state index is 4.56. The maximum absolute atomic E-state index is 4.56. The van der Waals surface area contributed by atoms with Gasteiger partial charge in [-0.05, 0) is 52.7 Å². The SMILES string of the molecule is Cc1cc(NC(C)(C)C)nc(Nc2c(C)cccc2C)n1. The lowest BCUT2D eigenvalue weighted by molar-refractivity contribution is 0.630. The van der Waals surface area contributed by atoms with E-state index < -0.39 is 0 Å². The number of hydrogen-bond donors (Lipinski definition) is 2. The van der Waals surface area contributed by atoms with Crippen molar-refractivity contribution in [2.45, 2.75) is 47.1 Å². The zero-order chi connectivity index (χ0) is 15.6. The Kier molecular flexibility index (Phi) is 4.16. The summed E-state index contributed by atoms with van der Waals surface area (Å²) in [5.41, 5.74) is 4.35. The van der Waals surface area contributed by atoms with Crippen LogP contribution in [0.4, 0.5) is 17.5 Å². The first-order chi connectivity index (χ1) is 9.74. The fourth-order valence-electron chi connectivity index (χ4n) is 2.20. The van der Waals surface area contributed by atoms with Crippen molar-refractivity contribution in [3.05, 3.63) is 41.1 Å². The van der Waals surface area contributed by atoms with Gasteiger partial charge in [0.2, 0.25) is 5.95 Å². The predicted octanol–water partition coefficient (Wildman–Crippen LogP) is 4.36. The molecule has 0 spiro atoms. The molecule has 0 aliphatic carbocycles. The average molecular weight is 284 g/mol. The summed E-state index contributed by atoms with van der Waals surface area (Å²) in [5, 5.41) is 6.73. The standard InChI is InChI=1S/C17H24N4/c1-11-8-7-9-12(2)15(11)20-16-18-13(3)10-14(19-16)21-17(4,5)6/h7-10H,1-6H3,(H2,18,19,20,21). The molecule has 2 aromatic rings. The van der Waals surface area contributed by atoms with Crippen LogP contribution in [0.2, 0.25) is 0 Å². The van der Waals surface area contributed by atoms with Crippen molar-refractivity contribution < 1.29 is 0 Å². The van der Waals surface area contributed by atoms with Crippen molar-refractivity contribution in [1.82, 2.24) is 9.97 Å². The van der Waals surface area contributed by atoms with Crippen LogP contribution < -0.4 is 10.6 Å². The van der Waals surface area contributed by atoms with Gasteiger partial charge in [-0.25, -0.2) is 4.98 Å². The van der Waals surface area contributed by atoms with Crippen LogP contribution in [0.25, 0.3) is 0 Å². The van der Waals surface area contributed by atoms with Gasteiger partial charge in [0.15, 0.2) is 0 Å². The van der Waals surface area contributed by atoms with Crippen LogP contribution in [0.3, 0.4) is 0 Å². The highest BCUT2D eigenvalue weighted by atomic mass is 15.2. The van der Waals surface area contributed by atoms with Crippen LogP contribution in [-0.4, -0.2) is 15.5 Å². The van der Waals surface area contributed by atoms with E-state index in [4.69, 9.17) is 0 Å². The van der Waals surface area contributed by atoms with Gasteiger partial charge < -0.3 is 10.6 Å². The number of hydrogen-bond acceptors (Lipinski definition) is 4. The Morgan fingerprint density at radius 1 is 0.952 bits per heavy atom. The summed E-state index contributed by atoms with van der Waals surface area (Å²) in [5.74, 6) is 1.46. The number of anilines is 3. The number of nitrogens with zero attached hydrogens (tertiary/aromatic N) is 2. The highest BCUT2D eigenvalue weighted by molar-refractivity contribution is 5.63. The number of para-hydroxylation sites is 1. The van der Waals surface area contributed by atoms with Crippen LogP contribution >= 0.6 is 0 Å². The van der Waals surface area contributed by atoms with Gasteiger partial charge in [0.25, 0.3) is 0 Å². The molecule has 1 heterocycles. The smallest absolute Gasteiger partial charge is 0.229 e. The van der Waals surface area contributed by atoms with Gasteiger partial charge in [-0.3, -0.25) is 0 Å². The minimum atomic E-state index is -0.0311. The van der Waals surface area contributed by atoms with Crippen molar-refractivity contribution in [2.24, 2.45) is 0 Å². The molecule has 4 heteroatoms. The molecule has 0 bridgehead atoms. The van der Waals surface area contributed by atoms with Gasteiger partial charge in [-0.2, -0.15) is 4.98 Å². The second kappa shape index (κ2) is 5.72. The Morgan fingerprint density at radius 2 is 1.57 bits per heavy atom. The van der Waals surface area contributed by atoms with Crippen molar-refractivity contribution in [1.29, 1.82) is 0 Å². The molecule has 1 aromatic carbocycles. The summed E-state index contributed by atoms with van der Waals surface area (Å²) in [6.07, 6.45) is 0. The van der Waals surface area contributed by atoms with Crippen molar-refractivity contribution >= 4 is 17.5 Å². The van der Waals surface area contributed by atoms with Gasteiger partial charge in [-0.1, -0.05) is 18.2 Å². The highest BCUT2D eigenvalue weighted by Gasteiger charge is 2.12. The number of aromatic nitrogens is 2. The molecular formula is C17H24N4. The molecule has 0 radical (unpaired) electrons. The monoisotopic (exact) mass is 284 g/mol. The van der Waals surface area contributed by atoms with E-state index in [1.165, 1.54) is 11.1 Å². The van der Waals surface area contributed by atoms with Crippen molar-refractivity contribution in [2.75, 3.05) is 10.6 Å². The van der Waals surface area contributed by atoms with Gasteiger partial charge in [0, 0.05) is 23.0 Å². The molecule has 112 valence electrons. The van der Waals surface area contributed by atoms with E-state index in [2.05, 4.69) is 73.4 Å². The lowest BCUT2D eigenvalue weighted by atomic mass is 10.1. The zero-order valence-electron chi connectivity index (χ0n) is 13.7. The fourth-order valence-corrected chi connectivity index (χ4v) is 2.20. The molecule has 0 saturated heterocycles. The summed E-state index contributed by atoms with van der Waals surface area (Å²) in [4.78, 5) is 9.04. The van der Waals surface area contributed by atoms with Gasteiger partial charge in [-0.15, -0.1) is 0 Å². The highest BCUT2D eigenvalue weighted by Crippen LogP contribution is 2.24. The topological polar surface area (TPSA) is 49.8 Å². The third-order valence-corrected chi connectivity index (χ3v) is 3.08. The van der Waals surface area contributed by atoms with E-state index in [0.29, 0.717) is 5.95 Å². The Hall–Kier alpha value is -2.10.